The number of aliphatic carboxylic acids is 1. The van der Waals surface area contributed by atoms with Gasteiger partial charge in [-0.25, -0.2) is 8.42 Å². The maximum Gasteiger partial charge on any atom is 0.324 e. The first kappa shape index (κ1) is 19.2. The van der Waals surface area contributed by atoms with Crippen molar-refractivity contribution in [2.75, 3.05) is 10.8 Å². The van der Waals surface area contributed by atoms with Gasteiger partial charge >= 0.3 is 5.97 Å². The van der Waals surface area contributed by atoms with Crippen LogP contribution in [0.25, 0.3) is 0 Å². The lowest BCUT2D eigenvalue weighted by atomic mass is 9.94. The van der Waals surface area contributed by atoms with E-state index in [0.717, 1.165) is 33.8 Å². The fourth-order valence-corrected chi connectivity index (χ4v) is 4.96. The third-order valence-corrected chi connectivity index (χ3v) is 6.58. The SMILES string of the molecule is Cc1ccc(S(=O)(=O)N(CC(=O)O)c2c(C)cccc2[C@H]2C=CCC2)cc1. The van der Waals surface area contributed by atoms with E-state index in [1.165, 1.54) is 12.1 Å². The summed E-state index contributed by atoms with van der Waals surface area (Å²) in [4.78, 5) is 11.6. The van der Waals surface area contributed by atoms with Crippen LogP contribution in [0.5, 0.6) is 0 Å². The Morgan fingerprint density at radius 1 is 1.15 bits per heavy atom. The Bertz CT molecular complexity index is 978. The number of aryl methyl sites for hydroxylation is 2. The van der Waals surface area contributed by atoms with Crippen LogP contribution >= 0.6 is 0 Å². The van der Waals surface area contributed by atoms with E-state index in [9.17, 15) is 18.3 Å². The van der Waals surface area contributed by atoms with Crippen LogP contribution < -0.4 is 4.31 Å². The van der Waals surface area contributed by atoms with Crippen LogP contribution in [0.2, 0.25) is 0 Å². The number of nitrogens with zero attached hydrogens (tertiary/aromatic N) is 1. The Morgan fingerprint density at radius 3 is 2.44 bits per heavy atom. The van der Waals surface area contributed by atoms with Crippen LogP contribution in [0.3, 0.4) is 0 Å². The van der Waals surface area contributed by atoms with E-state index in [2.05, 4.69) is 12.2 Å². The average Bonchev–Trinajstić information content (AvgIpc) is 3.14. The molecule has 0 radical (unpaired) electrons. The number of para-hydroxylation sites is 1. The average molecular weight is 385 g/mol. The number of hydrogen-bond donors (Lipinski definition) is 1. The van der Waals surface area contributed by atoms with Crippen molar-refractivity contribution in [2.45, 2.75) is 37.5 Å². The Morgan fingerprint density at radius 2 is 1.85 bits per heavy atom. The molecule has 3 rings (SSSR count). The monoisotopic (exact) mass is 385 g/mol. The molecular weight excluding hydrogens is 362 g/mol. The molecular formula is C21H23NO4S. The second kappa shape index (κ2) is 7.56. The molecule has 5 nitrogen and oxygen atoms in total. The van der Waals surface area contributed by atoms with Crippen molar-refractivity contribution in [3.8, 4) is 0 Å². The van der Waals surface area contributed by atoms with Crippen molar-refractivity contribution < 1.29 is 18.3 Å². The molecule has 0 aromatic heterocycles. The molecule has 0 amide bonds. The van der Waals surface area contributed by atoms with Gasteiger partial charge in [-0.1, -0.05) is 48.0 Å². The fourth-order valence-electron chi connectivity index (χ4n) is 3.46. The summed E-state index contributed by atoms with van der Waals surface area (Å²) < 4.78 is 27.7. The van der Waals surface area contributed by atoms with E-state index in [0.29, 0.717) is 5.69 Å². The van der Waals surface area contributed by atoms with E-state index >= 15 is 0 Å². The van der Waals surface area contributed by atoms with Gasteiger partial charge in [0.15, 0.2) is 0 Å². The Kier molecular flexibility index (Phi) is 5.37. The molecule has 0 heterocycles. The van der Waals surface area contributed by atoms with Crippen LogP contribution in [-0.4, -0.2) is 26.0 Å². The molecule has 0 saturated heterocycles. The van der Waals surface area contributed by atoms with Gasteiger partial charge in [-0.2, -0.15) is 0 Å². The second-order valence-corrected chi connectivity index (χ2v) is 8.71. The standard InChI is InChI=1S/C21H23NO4S/c1-15-10-12-18(13-11-15)27(25,26)22(14-20(23)24)21-16(2)6-5-9-19(21)17-7-3-4-8-17/h3,5-7,9-13,17H,4,8,14H2,1-2H3,(H,23,24)/t17-/m0/s1. The van der Waals surface area contributed by atoms with E-state index in [4.69, 9.17) is 0 Å². The lowest BCUT2D eigenvalue weighted by Crippen LogP contribution is -2.37. The van der Waals surface area contributed by atoms with Crippen molar-refractivity contribution in [1.29, 1.82) is 0 Å². The first-order chi connectivity index (χ1) is 12.8. The molecule has 0 fully saturated rings. The summed E-state index contributed by atoms with van der Waals surface area (Å²) in [5.74, 6) is -1.11. The zero-order chi connectivity index (χ0) is 19.6. The fraction of sp³-hybridized carbons (Fsp3) is 0.286. The lowest BCUT2D eigenvalue weighted by molar-refractivity contribution is -0.135. The molecule has 1 atom stereocenters. The molecule has 27 heavy (non-hydrogen) atoms. The molecule has 0 saturated carbocycles. The highest BCUT2D eigenvalue weighted by Gasteiger charge is 2.31. The predicted molar refractivity (Wildman–Crippen MR) is 106 cm³/mol. The van der Waals surface area contributed by atoms with E-state index < -0.39 is 22.5 Å². The molecule has 0 aliphatic heterocycles. The summed E-state index contributed by atoms with van der Waals surface area (Å²) in [5, 5.41) is 9.43. The van der Waals surface area contributed by atoms with Gasteiger partial charge in [-0.15, -0.1) is 0 Å². The number of rotatable bonds is 6. The molecule has 0 unspecified atom stereocenters. The minimum Gasteiger partial charge on any atom is -0.480 e. The van der Waals surface area contributed by atoms with Gasteiger partial charge in [0.05, 0.1) is 10.6 Å². The number of anilines is 1. The smallest absolute Gasteiger partial charge is 0.324 e. The highest BCUT2D eigenvalue weighted by molar-refractivity contribution is 7.92. The van der Waals surface area contributed by atoms with Crippen molar-refractivity contribution in [1.82, 2.24) is 0 Å². The summed E-state index contributed by atoms with van der Waals surface area (Å²) in [6, 6.07) is 12.1. The Labute approximate surface area is 160 Å². The van der Waals surface area contributed by atoms with E-state index in [-0.39, 0.29) is 10.8 Å². The maximum atomic E-state index is 13.3. The van der Waals surface area contributed by atoms with E-state index in [1.54, 1.807) is 12.1 Å². The quantitative estimate of drug-likeness (QED) is 0.762. The molecule has 0 bridgehead atoms. The zero-order valence-electron chi connectivity index (χ0n) is 15.4. The highest BCUT2D eigenvalue weighted by atomic mass is 32.2. The van der Waals surface area contributed by atoms with Crippen molar-refractivity contribution in [3.63, 3.8) is 0 Å². The number of carboxylic acid groups (broad SMARTS) is 1. The number of allylic oxidation sites excluding steroid dienone is 2. The van der Waals surface area contributed by atoms with Gasteiger partial charge in [-0.05, 0) is 49.9 Å². The molecule has 6 heteroatoms. The first-order valence-electron chi connectivity index (χ1n) is 8.88. The first-order valence-corrected chi connectivity index (χ1v) is 10.3. The predicted octanol–water partition coefficient (Wildman–Crippen LogP) is 4.02. The summed E-state index contributed by atoms with van der Waals surface area (Å²) in [6.07, 6.45) is 5.96. The van der Waals surface area contributed by atoms with Crippen molar-refractivity contribution in [3.05, 3.63) is 71.3 Å². The van der Waals surface area contributed by atoms with Gasteiger partial charge in [0.25, 0.3) is 10.0 Å². The molecule has 0 spiro atoms. The summed E-state index contributed by atoms with van der Waals surface area (Å²) in [7, 11) is -4.01. The Hall–Kier alpha value is -2.60. The third kappa shape index (κ3) is 3.90. The minimum absolute atomic E-state index is 0.0874. The van der Waals surface area contributed by atoms with Crippen LogP contribution in [0, 0.1) is 13.8 Å². The zero-order valence-corrected chi connectivity index (χ0v) is 16.2. The van der Waals surface area contributed by atoms with Crippen molar-refractivity contribution >= 4 is 21.7 Å². The lowest BCUT2D eigenvalue weighted by Gasteiger charge is -2.28. The summed E-state index contributed by atoms with van der Waals surface area (Å²) in [6.45, 7) is 3.07. The number of carboxylic acids is 1. The molecule has 1 aliphatic carbocycles. The van der Waals surface area contributed by atoms with Crippen molar-refractivity contribution in [2.24, 2.45) is 0 Å². The van der Waals surface area contributed by atoms with E-state index in [1.807, 2.05) is 32.0 Å². The van der Waals surface area contributed by atoms with Gasteiger partial charge in [-0.3, -0.25) is 9.10 Å². The number of sulfonamides is 1. The molecule has 1 aliphatic rings. The van der Waals surface area contributed by atoms with Crippen LogP contribution in [-0.2, 0) is 14.8 Å². The number of hydrogen-bond acceptors (Lipinski definition) is 3. The summed E-state index contributed by atoms with van der Waals surface area (Å²) in [5.41, 5.74) is 2.99. The van der Waals surface area contributed by atoms with Gasteiger partial charge in [0.1, 0.15) is 6.54 Å². The molecule has 142 valence electrons. The maximum absolute atomic E-state index is 13.3. The third-order valence-electron chi connectivity index (χ3n) is 4.82. The summed E-state index contributed by atoms with van der Waals surface area (Å²) >= 11 is 0. The number of carbonyl (C=O) groups is 1. The van der Waals surface area contributed by atoms with Gasteiger partial charge < -0.3 is 5.11 Å². The second-order valence-electron chi connectivity index (χ2n) is 6.84. The van der Waals surface area contributed by atoms with Crippen LogP contribution in [0.4, 0.5) is 5.69 Å². The highest BCUT2D eigenvalue weighted by Crippen LogP contribution is 2.39. The van der Waals surface area contributed by atoms with Gasteiger partial charge in [0.2, 0.25) is 0 Å². The Balaban J connectivity index is 2.18. The molecule has 2 aromatic carbocycles. The number of benzene rings is 2. The molecule has 1 N–H and O–H groups in total. The van der Waals surface area contributed by atoms with Crippen LogP contribution in [0.1, 0.15) is 35.4 Å². The topological polar surface area (TPSA) is 74.7 Å². The van der Waals surface area contributed by atoms with Crippen LogP contribution in [0.15, 0.2) is 59.5 Å². The minimum atomic E-state index is -4.01. The van der Waals surface area contributed by atoms with Gasteiger partial charge in [0, 0.05) is 5.92 Å². The normalized spacial score (nSPS) is 16.4. The largest absolute Gasteiger partial charge is 0.480 e. The molecule has 2 aromatic rings.